The molecular formula is C22H21N5OS. The molecule has 0 saturated heterocycles. The number of fused-ring (bicyclic) bond motifs is 4. The Balaban J connectivity index is 1.69. The lowest BCUT2D eigenvalue weighted by molar-refractivity contribution is 0.670. The van der Waals surface area contributed by atoms with Gasteiger partial charge in [-0.1, -0.05) is 36.1 Å². The molecule has 29 heavy (non-hydrogen) atoms. The first-order valence-corrected chi connectivity index (χ1v) is 11.1. The molecule has 1 unspecified atom stereocenters. The second-order valence-corrected chi connectivity index (χ2v) is 8.97. The van der Waals surface area contributed by atoms with E-state index in [1.165, 1.54) is 0 Å². The van der Waals surface area contributed by atoms with Gasteiger partial charge in [-0.25, -0.2) is 14.0 Å². The van der Waals surface area contributed by atoms with Gasteiger partial charge in [0.05, 0.1) is 21.5 Å². The zero-order chi connectivity index (χ0) is 20.1. The Bertz CT molecular complexity index is 1180. The molecule has 2 heterocycles. The summed E-state index contributed by atoms with van der Waals surface area (Å²) in [6, 6.07) is 16.9. The van der Waals surface area contributed by atoms with Gasteiger partial charge in [0.15, 0.2) is 0 Å². The standard InChI is InChI=1S/C22H21N5OS/c23-29(28)14-5-4-13-24-21-18(12-11-17-7-2-1-3-8-17)16-25-22(27-21)26-19-9-6-10-20(29)15-19/h1-3,6-10,15-16,23H,4-5,13-14H2,(H2,24,25,26,27). The van der Waals surface area contributed by atoms with Gasteiger partial charge in [-0.15, -0.1) is 0 Å². The van der Waals surface area contributed by atoms with Gasteiger partial charge < -0.3 is 10.6 Å². The van der Waals surface area contributed by atoms with Gasteiger partial charge in [-0.2, -0.15) is 4.98 Å². The molecule has 0 saturated carbocycles. The van der Waals surface area contributed by atoms with E-state index in [1.54, 1.807) is 24.4 Å². The molecule has 0 radical (unpaired) electrons. The van der Waals surface area contributed by atoms with Crippen LogP contribution in [-0.2, 0) is 9.73 Å². The predicted molar refractivity (Wildman–Crippen MR) is 116 cm³/mol. The monoisotopic (exact) mass is 403 g/mol. The van der Waals surface area contributed by atoms with Crippen LogP contribution in [0.1, 0.15) is 24.0 Å². The van der Waals surface area contributed by atoms with Crippen molar-refractivity contribution < 1.29 is 4.21 Å². The molecule has 7 heteroatoms. The van der Waals surface area contributed by atoms with Gasteiger partial charge in [-0.05, 0) is 43.2 Å². The number of hydrogen-bond acceptors (Lipinski definition) is 6. The first-order valence-electron chi connectivity index (χ1n) is 9.42. The summed E-state index contributed by atoms with van der Waals surface area (Å²) in [5.41, 5.74) is 2.34. The first-order chi connectivity index (χ1) is 14.1. The summed E-state index contributed by atoms with van der Waals surface area (Å²) < 4.78 is 21.0. The summed E-state index contributed by atoms with van der Waals surface area (Å²) in [4.78, 5) is 9.49. The lowest BCUT2D eigenvalue weighted by Gasteiger charge is -2.10. The molecule has 1 aromatic heterocycles. The average Bonchev–Trinajstić information content (AvgIpc) is 2.74. The van der Waals surface area contributed by atoms with E-state index in [-0.39, 0.29) is 0 Å². The molecule has 1 aliphatic rings. The van der Waals surface area contributed by atoms with Crippen LogP contribution in [-0.4, -0.2) is 26.5 Å². The van der Waals surface area contributed by atoms with Crippen LogP contribution in [0.4, 0.5) is 17.5 Å². The van der Waals surface area contributed by atoms with Crippen molar-refractivity contribution in [3.05, 3.63) is 71.9 Å². The predicted octanol–water partition coefficient (Wildman–Crippen LogP) is 4.23. The van der Waals surface area contributed by atoms with E-state index in [0.717, 1.165) is 12.0 Å². The third-order valence-corrected chi connectivity index (χ3v) is 6.41. The van der Waals surface area contributed by atoms with Crippen LogP contribution in [0.15, 0.2) is 65.7 Å². The maximum atomic E-state index is 12.8. The van der Waals surface area contributed by atoms with Gasteiger partial charge in [0.2, 0.25) is 5.95 Å². The van der Waals surface area contributed by atoms with Crippen LogP contribution in [0.2, 0.25) is 0 Å². The van der Waals surface area contributed by atoms with Gasteiger partial charge in [0.25, 0.3) is 0 Å². The number of aromatic nitrogens is 2. The van der Waals surface area contributed by atoms with Crippen LogP contribution in [0.25, 0.3) is 0 Å². The van der Waals surface area contributed by atoms with Crippen molar-refractivity contribution in [2.24, 2.45) is 0 Å². The Morgan fingerprint density at radius 2 is 1.90 bits per heavy atom. The van der Waals surface area contributed by atoms with Gasteiger partial charge in [-0.3, -0.25) is 0 Å². The van der Waals surface area contributed by atoms with E-state index in [4.69, 9.17) is 4.78 Å². The lowest BCUT2D eigenvalue weighted by Crippen LogP contribution is -2.09. The lowest BCUT2D eigenvalue weighted by atomic mass is 10.2. The van der Waals surface area contributed by atoms with Crippen LogP contribution >= 0.6 is 0 Å². The van der Waals surface area contributed by atoms with E-state index in [0.29, 0.717) is 46.6 Å². The Labute approximate surface area is 170 Å². The Morgan fingerprint density at radius 3 is 2.76 bits per heavy atom. The first kappa shape index (κ1) is 19.0. The van der Waals surface area contributed by atoms with Crippen LogP contribution < -0.4 is 10.6 Å². The van der Waals surface area contributed by atoms with Crippen LogP contribution in [0.5, 0.6) is 0 Å². The molecule has 3 N–H and O–H groups in total. The summed E-state index contributed by atoms with van der Waals surface area (Å²) in [6.07, 6.45) is 3.18. The maximum absolute atomic E-state index is 12.8. The van der Waals surface area contributed by atoms with E-state index in [1.807, 2.05) is 36.4 Å². The second kappa shape index (κ2) is 8.33. The highest BCUT2D eigenvalue weighted by Gasteiger charge is 2.13. The van der Waals surface area contributed by atoms with Crippen LogP contribution in [0.3, 0.4) is 0 Å². The van der Waals surface area contributed by atoms with Gasteiger partial charge >= 0.3 is 0 Å². The van der Waals surface area contributed by atoms with Crippen molar-refractivity contribution in [2.45, 2.75) is 17.7 Å². The normalized spacial score (nSPS) is 18.5. The number of benzene rings is 2. The number of rotatable bonds is 0. The highest BCUT2D eigenvalue weighted by molar-refractivity contribution is 7.92. The van der Waals surface area contributed by atoms with E-state index in [2.05, 4.69) is 32.4 Å². The summed E-state index contributed by atoms with van der Waals surface area (Å²) >= 11 is 0. The molecule has 1 atom stereocenters. The van der Waals surface area contributed by atoms with Crippen molar-refractivity contribution in [1.82, 2.24) is 9.97 Å². The van der Waals surface area contributed by atoms with Crippen molar-refractivity contribution >= 4 is 27.2 Å². The highest BCUT2D eigenvalue weighted by Crippen LogP contribution is 2.22. The zero-order valence-corrected chi connectivity index (χ0v) is 16.6. The number of nitrogens with zero attached hydrogens (tertiary/aromatic N) is 2. The Hall–Kier alpha value is -3.37. The molecule has 0 spiro atoms. The minimum absolute atomic E-state index is 0.335. The molecule has 4 rings (SSSR count). The van der Waals surface area contributed by atoms with Crippen molar-refractivity contribution in [2.75, 3.05) is 22.9 Å². The molecule has 6 nitrogen and oxygen atoms in total. The number of nitrogens with one attached hydrogen (secondary N) is 3. The van der Waals surface area contributed by atoms with E-state index in [9.17, 15) is 4.21 Å². The fraction of sp³-hybridized carbons (Fsp3) is 0.182. The summed E-state index contributed by atoms with van der Waals surface area (Å²) in [6.45, 7) is 0.656. The molecule has 0 fully saturated rings. The molecule has 0 amide bonds. The maximum Gasteiger partial charge on any atom is 0.229 e. The molecule has 2 aromatic carbocycles. The largest absolute Gasteiger partial charge is 0.369 e. The quantitative estimate of drug-likeness (QED) is 0.489. The van der Waals surface area contributed by atoms with E-state index >= 15 is 0 Å². The second-order valence-electron chi connectivity index (χ2n) is 6.74. The topological polar surface area (TPSA) is 90.8 Å². The molecule has 4 bridgehead atoms. The number of hydrogen-bond donors (Lipinski definition) is 3. The molecule has 1 aliphatic heterocycles. The fourth-order valence-corrected chi connectivity index (χ4v) is 4.45. The highest BCUT2D eigenvalue weighted by atomic mass is 32.2. The van der Waals surface area contributed by atoms with Crippen LogP contribution in [0, 0.1) is 16.6 Å². The summed E-state index contributed by atoms with van der Waals surface area (Å²) in [5, 5.41) is 6.46. The number of anilines is 3. The van der Waals surface area contributed by atoms with Gasteiger partial charge in [0.1, 0.15) is 5.82 Å². The third kappa shape index (κ3) is 4.73. The smallest absolute Gasteiger partial charge is 0.229 e. The molecule has 3 aromatic rings. The molecular weight excluding hydrogens is 382 g/mol. The summed E-state index contributed by atoms with van der Waals surface area (Å²) in [5.74, 6) is 7.70. The van der Waals surface area contributed by atoms with E-state index < -0.39 is 9.73 Å². The molecule has 0 aliphatic carbocycles. The van der Waals surface area contributed by atoms with Crippen molar-refractivity contribution in [1.29, 1.82) is 4.78 Å². The minimum Gasteiger partial charge on any atom is -0.369 e. The average molecular weight is 404 g/mol. The molecule has 146 valence electrons. The van der Waals surface area contributed by atoms with Crippen molar-refractivity contribution in [3.8, 4) is 11.8 Å². The Kier molecular flexibility index (Phi) is 5.45. The Morgan fingerprint density at radius 1 is 1.03 bits per heavy atom. The zero-order valence-electron chi connectivity index (χ0n) is 15.8. The SMILES string of the molecule is N=S1(=O)CCCCNc2nc(ncc2C#Cc2ccccc2)Nc2cccc1c2. The van der Waals surface area contributed by atoms with Crippen molar-refractivity contribution in [3.63, 3.8) is 0 Å². The minimum atomic E-state index is -2.81. The van der Waals surface area contributed by atoms with Gasteiger partial charge in [0, 0.05) is 28.4 Å². The fourth-order valence-electron chi connectivity index (χ4n) is 2.99. The third-order valence-electron chi connectivity index (χ3n) is 4.53. The summed E-state index contributed by atoms with van der Waals surface area (Å²) in [7, 11) is -2.81.